The fourth-order valence-corrected chi connectivity index (χ4v) is 1.25. The molecule has 2 rings (SSSR count). The van der Waals surface area contributed by atoms with Crippen LogP contribution in [0.1, 0.15) is 10.5 Å². The van der Waals surface area contributed by atoms with E-state index in [2.05, 4.69) is 10.3 Å². The van der Waals surface area contributed by atoms with Crippen LogP contribution in [0.5, 0.6) is 0 Å². The number of hydrogen-bond acceptors (Lipinski definition) is 1. The number of aromatic amines is 1. The van der Waals surface area contributed by atoms with Gasteiger partial charge in [0.1, 0.15) is 17.3 Å². The van der Waals surface area contributed by atoms with Crippen LogP contribution in [0.2, 0.25) is 0 Å². The van der Waals surface area contributed by atoms with Crippen molar-refractivity contribution in [3.05, 3.63) is 53.9 Å². The standard InChI is InChI=1S/C11H8F2N2O/c12-7-3-4-9(8(13)6-7)15-11(16)10-2-1-5-14-10/h1-6,14H,(H,15,16). The van der Waals surface area contributed by atoms with Crippen molar-refractivity contribution >= 4 is 11.6 Å². The van der Waals surface area contributed by atoms with Gasteiger partial charge in [-0.3, -0.25) is 4.79 Å². The van der Waals surface area contributed by atoms with Crippen LogP contribution in [0, 0.1) is 11.6 Å². The molecular weight excluding hydrogens is 214 g/mol. The highest BCUT2D eigenvalue weighted by molar-refractivity contribution is 6.02. The van der Waals surface area contributed by atoms with Gasteiger partial charge in [0.05, 0.1) is 5.69 Å². The minimum absolute atomic E-state index is 0.0546. The highest BCUT2D eigenvalue weighted by Gasteiger charge is 2.09. The zero-order chi connectivity index (χ0) is 11.5. The lowest BCUT2D eigenvalue weighted by Crippen LogP contribution is -2.13. The molecule has 0 spiro atoms. The summed E-state index contributed by atoms with van der Waals surface area (Å²) in [6.45, 7) is 0. The van der Waals surface area contributed by atoms with E-state index in [-0.39, 0.29) is 5.69 Å². The van der Waals surface area contributed by atoms with Crippen molar-refractivity contribution in [3.63, 3.8) is 0 Å². The SMILES string of the molecule is O=C(Nc1ccc(F)cc1F)c1ccc[nH]1. The second kappa shape index (κ2) is 4.14. The number of rotatable bonds is 2. The van der Waals surface area contributed by atoms with Gasteiger partial charge in [-0.15, -0.1) is 0 Å². The Morgan fingerprint density at radius 3 is 2.69 bits per heavy atom. The molecular formula is C11H8F2N2O. The topological polar surface area (TPSA) is 44.9 Å². The Hall–Kier alpha value is -2.17. The van der Waals surface area contributed by atoms with Crippen LogP contribution in [0.4, 0.5) is 14.5 Å². The van der Waals surface area contributed by atoms with Crippen LogP contribution >= 0.6 is 0 Å². The molecule has 16 heavy (non-hydrogen) atoms. The van der Waals surface area contributed by atoms with Gasteiger partial charge in [0, 0.05) is 12.3 Å². The van der Waals surface area contributed by atoms with Gasteiger partial charge in [-0.05, 0) is 24.3 Å². The molecule has 0 aliphatic carbocycles. The van der Waals surface area contributed by atoms with Crippen molar-refractivity contribution in [2.24, 2.45) is 0 Å². The smallest absolute Gasteiger partial charge is 0.272 e. The Kier molecular flexibility index (Phi) is 2.68. The van der Waals surface area contributed by atoms with Gasteiger partial charge in [-0.1, -0.05) is 0 Å². The molecule has 0 radical (unpaired) electrons. The lowest BCUT2D eigenvalue weighted by Gasteiger charge is -2.04. The third kappa shape index (κ3) is 2.08. The molecule has 82 valence electrons. The second-order valence-corrected chi connectivity index (χ2v) is 3.16. The summed E-state index contributed by atoms with van der Waals surface area (Å²) in [4.78, 5) is 14.2. The number of nitrogens with one attached hydrogen (secondary N) is 2. The molecule has 1 heterocycles. The van der Waals surface area contributed by atoms with Crippen LogP contribution in [0.3, 0.4) is 0 Å². The summed E-state index contributed by atoms with van der Waals surface area (Å²) in [5, 5.41) is 2.33. The van der Waals surface area contributed by atoms with Gasteiger partial charge in [0.2, 0.25) is 0 Å². The predicted octanol–water partition coefficient (Wildman–Crippen LogP) is 2.55. The first-order chi connectivity index (χ1) is 7.66. The summed E-state index contributed by atoms with van der Waals surface area (Å²) in [6, 6.07) is 6.16. The minimum Gasteiger partial charge on any atom is -0.357 e. The molecule has 3 nitrogen and oxygen atoms in total. The van der Waals surface area contributed by atoms with E-state index in [1.165, 1.54) is 6.07 Å². The average molecular weight is 222 g/mol. The number of benzene rings is 1. The lowest BCUT2D eigenvalue weighted by atomic mass is 10.3. The van der Waals surface area contributed by atoms with Gasteiger partial charge in [-0.25, -0.2) is 8.78 Å². The number of anilines is 1. The Morgan fingerprint density at radius 2 is 2.06 bits per heavy atom. The van der Waals surface area contributed by atoms with Crippen LogP contribution in [0.15, 0.2) is 36.5 Å². The molecule has 0 aliphatic rings. The van der Waals surface area contributed by atoms with E-state index >= 15 is 0 Å². The number of H-pyrrole nitrogens is 1. The molecule has 0 atom stereocenters. The van der Waals surface area contributed by atoms with Crippen LogP contribution in [-0.2, 0) is 0 Å². The van der Waals surface area contributed by atoms with E-state index in [1.807, 2.05) is 0 Å². The van der Waals surface area contributed by atoms with Crippen molar-refractivity contribution in [2.45, 2.75) is 0 Å². The molecule has 1 aromatic heterocycles. The van der Waals surface area contributed by atoms with Crippen molar-refractivity contribution in [1.82, 2.24) is 4.98 Å². The summed E-state index contributed by atoms with van der Waals surface area (Å²) < 4.78 is 25.8. The number of amides is 1. The van der Waals surface area contributed by atoms with Gasteiger partial charge in [0.25, 0.3) is 5.91 Å². The van der Waals surface area contributed by atoms with Gasteiger partial charge in [-0.2, -0.15) is 0 Å². The molecule has 0 unspecified atom stereocenters. The van der Waals surface area contributed by atoms with Gasteiger partial charge in [0.15, 0.2) is 0 Å². The minimum atomic E-state index is -0.806. The Bertz CT molecular complexity index is 509. The fourth-order valence-electron chi connectivity index (χ4n) is 1.25. The third-order valence-corrected chi connectivity index (χ3v) is 2.02. The van der Waals surface area contributed by atoms with Crippen LogP contribution in [0.25, 0.3) is 0 Å². The Morgan fingerprint density at radius 1 is 1.25 bits per heavy atom. The average Bonchev–Trinajstić information content (AvgIpc) is 2.75. The van der Waals surface area contributed by atoms with E-state index in [1.54, 1.807) is 18.3 Å². The van der Waals surface area contributed by atoms with Crippen molar-refractivity contribution < 1.29 is 13.6 Å². The number of carbonyl (C=O) groups excluding carboxylic acids is 1. The first kappa shape index (κ1) is 10.4. The molecule has 0 saturated heterocycles. The summed E-state index contributed by atoms with van der Waals surface area (Å²) in [5.41, 5.74) is 0.254. The molecule has 0 bridgehead atoms. The molecule has 2 aromatic rings. The highest BCUT2D eigenvalue weighted by Crippen LogP contribution is 2.15. The normalized spacial score (nSPS) is 10.1. The molecule has 0 aliphatic heterocycles. The van der Waals surface area contributed by atoms with Crippen molar-refractivity contribution in [3.8, 4) is 0 Å². The zero-order valence-electron chi connectivity index (χ0n) is 8.13. The highest BCUT2D eigenvalue weighted by atomic mass is 19.1. The number of carbonyl (C=O) groups is 1. The van der Waals surface area contributed by atoms with Crippen LogP contribution < -0.4 is 5.32 Å². The summed E-state index contributed by atoms with van der Waals surface area (Å²) in [5.74, 6) is -1.97. The molecule has 2 N–H and O–H groups in total. The maximum absolute atomic E-state index is 13.2. The quantitative estimate of drug-likeness (QED) is 0.805. The largest absolute Gasteiger partial charge is 0.357 e. The molecule has 5 heteroatoms. The zero-order valence-corrected chi connectivity index (χ0v) is 8.13. The summed E-state index contributed by atoms with van der Waals surface area (Å²) in [6.07, 6.45) is 1.58. The number of aromatic nitrogens is 1. The second-order valence-electron chi connectivity index (χ2n) is 3.16. The monoisotopic (exact) mass is 222 g/mol. The van der Waals surface area contributed by atoms with E-state index in [0.717, 1.165) is 6.07 Å². The molecule has 0 fully saturated rings. The van der Waals surface area contributed by atoms with Gasteiger partial charge >= 0.3 is 0 Å². The Balaban J connectivity index is 2.18. The summed E-state index contributed by atoms with van der Waals surface area (Å²) >= 11 is 0. The molecule has 1 amide bonds. The molecule has 1 aromatic carbocycles. The van der Waals surface area contributed by atoms with Crippen molar-refractivity contribution in [1.29, 1.82) is 0 Å². The lowest BCUT2D eigenvalue weighted by molar-refractivity contribution is 0.102. The van der Waals surface area contributed by atoms with E-state index < -0.39 is 17.5 Å². The third-order valence-electron chi connectivity index (χ3n) is 2.02. The number of halogens is 2. The maximum Gasteiger partial charge on any atom is 0.272 e. The van der Waals surface area contributed by atoms with E-state index in [9.17, 15) is 13.6 Å². The first-order valence-corrected chi connectivity index (χ1v) is 4.56. The summed E-state index contributed by atoms with van der Waals surface area (Å²) in [7, 11) is 0. The van der Waals surface area contributed by atoms with Crippen molar-refractivity contribution in [2.75, 3.05) is 5.32 Å². The maximum atomic E-state index is 13.2. The molecule has 0 saturated carbocycles. The fraction of sp³-hybridized carbons (Fsp3) is 0. The van der Waals surface area contributed by atoms with Gasteiger partial charge < -0.3 is 10.3 Å². The predicted molar refractivity (Wildman–Crippen MR) is 55.1 cm³/mol. The first-order valence-electron chi connectivity index (χ1n) is 4.56. The van der Waals surface area contributed by atoms with E-state index in [4.69, 9.17) is 0 Å². The van der Waals surface area contributed by atoms with Crippen LogP contribution in [-0.4, -0.2) is 10.9 Å². The van der Waals surface area contributed by atoms with E-state index in [0.29, 0.717) is 11.8 Å². The number of hydrogen-bond donors (Lipinski definition) is 2. The Labute approximate surface area is 90.1 Å².